The van der Waals surface area contributed by atoms with Crippen LogP contribution < -0.4 is 0 Å². The van der Waals surface area contributed by atoms with E-state index in [9.17, 15) is 4.79 Å². The summed E-state index contributed by atoms with van der Waals surface area (Å²) >= 11 is 0. The number of carbonyl (C=O) groups excluding carboxylic acids is 1. The van der Waals surface area contributed by atoms with E-state index in [1.54, 1.807) is 6.20 Å². The summed E-state index contributed by atoms with van der Waals surface area (Å²) in [5.74, 6) is -0.926. The topological polar surface area (TPSA) is 57.2 Å². The Morgan fingerprint density at radius 1 is 1.30 bits per heavy atom. The van der Waals surface area contributed by atoms with Crippen molar-refractivity contribution in [3.63, 3.8) is 0 Å². The number of cyclic esters (lactones) is 1. The molecule has 0 saturated carbocycles. The van der Waals surface area contributed by atoms with Crippen LogP contribution in [0.25, 0.3) is 0 Å². The second kappa shape index (κ2) is 4.07. The summed E-state index contributed by atoms with van der Waals surface area (Å²) in [5, 5.41) is 0. The number of hydrogen-bond donors (Lipinski definition) is 0. The molecule has 0 spiro atoms. The molecule has 0 aromatic carbocycles. The van der Waals surface area contributed by atoms with Crippen molar-refractivity contribution >= 4 is 5.97 Å². The standard InChI is InChI=1S/C14H17NO5/c1-14(2)19-10-9-7-17-13(16)8-4-3-5-15(6-8)12(18-9)11(10)20-14/h3,5-6,9-12H,4,7H2,1-2H3/t9-,10-,11-,12-/m1/s1. The Morgan fingerprint density at radius 3 is 2.95 bits per heavy atom. The number of esters is 1. The van der Waals surface area contributed by atoms with E-state index in [1.165, 1.54) is 0 Å². The highest BCUT2D eigenvalue weighted by atomic mass is 16.8. The van der Waals surface area contributed by atoms with Gasteiger partial charge in [0.25, 0.3) is 0 Å². The van der Waals surface area contributed by atoms with Gasteiger partial charge in [-0.05, 0) is 13.8 Å². The van der Waals surface area contributed by atoms with Crippen LogP contribution in [0.3, 0.4) is 0 Å². The molecule has 20 heavy (non-hydrogen) atoms. The molecule has 0 aliphatic carbocycles. The average molecular weight is 279 g/mol. The summed E-state index contributed by atoms with van der Waals surface area (Å²) in [6, 6.07) is 0. The van der Waals surface area contributed by atoms with Crippen LogP contribution in [0, 0.1) is 0 Å². The van der Waals surface area contributed by atoms with Crippen molar-refractivity contribution in [2.45, 2.75) is 50.6 Å². The van der Waals surface area contributed by atoms with Crippen LogP contribution in [-0.2, 0) is 23.7 Å². The van der Waals surface area contributed by atoms with Gasteiger partial charge in [-0.25, -0.2) is 4.79 Å². The summed E-state index contributed by atoms with van der Waals surface area (Å²) in [5.41, 5.74) is 0.637. The van der Waals surface area contributed by atoms with E-state index < -0.39 is 5.79 Å². The lowest BCUT2D eigenvalue weighted by atomic mass is 10.1. The fourth-order valence-electron chi connectivity index (χ4n) is 3.16. The predicted octanol–water partition coefficient (Wildman–Crippen LogP) is 0.891. The molecule has 2 saturated heterocycles. The normalized spacial score (nSPS) is 41.4. The number of nitrogens with zero attached hydrogens (tertiary/aromatic N) is 1. The highest BCUT2D eigenvalue weighted by Crippen LogP contribution is 2.41. The van der Waals surface area contributed by atoms with E-state index in [4.69, 9.17) is 18.9 Å². The van der Waals surface area contributed by atoms with Crippen molar-refractivity contribution in [2.24, 2.45) is 0 Å². The molecule has 0 aromatic heterocycles. The summed E-state index contributed by atoms with van der Waals surface area (Å²) in [7, 11) is 0. The van der Waals surface area contributed by atoms with E-state index in [2.05, 4.69) is 0 Å². The maximum absolute atomic E-state index is 11.9. The van der Waals surface area contributed by atoms with E-state index in [-0.39, 0.29) is 37.1 Å². The van der Waals surface area contributed by atoms with Crippen LogP contribution in [-0.4, -0.2) is 47.8 Å². The molecule has 108 valence electrons. The molecule has 4 rings (SSSR count). The number of hydrogen-bond acceptors (Lipinski definition) is 6. The second-order valence-corrected chi connectivity index (χ2v) is 5.92. The summed E-state index contributed by atoms with van der Waals surface area (Å²) < 4.78 is 23.2. The second-order valence-electron chi connectivity index (χ2n) is 5.92. The fourth-order valence-corrected chi connectivity index (χ4v) is 3.16. The van der Waals surface area contributed by atoms with Gasteiger partial charge in [-0.1, -0.05) is 6.08 Å². The molecule has 4 aliphatic heterocycles. The van der Waals surface area contributed by atoms with Crippen molar-refractivity contribution in [3.8, 4) is 0 Å². The quantitative estimate of drug-likeness (QED) is 0.614. The number of carbonyl (C=O) groups is 1. The van der Waals surface area contributed by atoms with Gasteiger partial charge in [-0.2, -0.15) is 0 Å². The van der Waals surface area contributed by atoms with E-state index in [1.807, 2.05) is 31.0 Å². The first-order chi connectivity index (χ1) is 9.53. The largest absolute Gasteiger partial charge is 0.459 e. The molecule has 0 N–H and O–H groups in total. The molecule has 4 heterocycles. The molecule has 0 unspecified atom stereocenters. The molecular formula is C14H17NO5. The third kappa shape index (κ3) is 1.79. The van der Waals surface area contributed by atoms with E-state index in [0.717, 1.165) is 0 Å². The average Bonchev–Trinajstić information content (AvgIpc) is 2.90. The Bertz CT molecular complexity index is 512. The number of rotatable bonds is 0. The molecular weight excluding hydrogens is 262 g/mol. The molecule has 0 aromatic rings. The maximum atomic E-state index is 11.9. The SMILES string of the molecule is CC1(C)O[C@@H]2[C@H](O1)[C@H]1COC(=O)C3=CN(C=CC3)[C@@H]2O1. The van der Waals surface area contributed by atoms with Gasteiger partial charge in [0.05, 0.1) is 5.57 Å². The van der Waals surface area contributed by atoms with Crippen LogP contribution in [0.15, 0.2) is 24.0 Å². The molecule has 6 heteroatoms. The van der Waals surface area contributed by atoms with Gasteiger partial charge < -0.3 is 23.8 Å². The predicted molar refractivity (Wildman–Crippen MR) is 67.1 cm³/mol. The molecule has 6 nitrogen and oxygen atoms in total. The highest BCUT2D eigenvalue weighted by molar-refractivity contribution is 5.89. The van der Waals surface area contributed by atoms with Gasteiger partial charge in [0, 0.05) is 18.8 Å². The Labute approximate surface area is 116 Å². The molecule has 0 radical (unpaired) electrons. The van der Waals surface area contributed by atoms with E-state index in [0.29, 0.717) is 12.0 Å². The molecule has 4 atom stereocenters. The summed E-state index contributed by atoms with van der Waals surface area (Å²) in [4.78, 5) is 13.8. The highest BCUT2D eigenvalue weighted by Gasteiger charge is 2.57. The minimum atomic E-state index is -0.639. The van der Waals surface area contributed by atoms with Gasteiger partial charge in [-0.15, -0.1) is 0 Å². The number of fused-ring (bicyclic) bond motifs is 7. The van der Waals surface area contributed by atoms with Crippen molar-refractivity contribution in [1.29, 1.82) is 0 Å². The third-order valence-corrected chi connectivity index (χ3v) is 3.98. The van der Waals surface area contributed by atoms with Crippen molar-refractivity contribution in [3.05, 3.63) is 24.0 Å². The Kier molecular flexibility index (Phi) is 2.52. The Balaban J connectivity index is 1.71. The number of allylic oxidation sites excluding steroid dienone is 1. The fraction of sp³-hybridized carbons (Fsp3) is 0.643. The maximum Gasteiger partial charge on any atom is 0.335 e. The first-order valence-corrected chi connectivity index (χ1v) is 6.86. The smallest absolute Gasteiger partial charge is 0.335 e. The van der Waals surface area contributed by atoms with Gasteiger partial charge in [0.2, 0.25) is 0 Å². The molecule has 0 amide bonds. The first kappa shape index (κ1) is 12.4. The lowest BCUT2D eigenvalue weighted by molar-refractivity contribution is -0.202. The minimum Gasteiger partial charge on any atom is -0.459 e. The minimum absolute atomic E-state index is 0.188. The van der Waals surface area contributed by atoms with Gasteiger partial charge in [0.1, 0.15) is 24.9 Å². The zero-order valence-corrected chi connectivity index (χ0v) is 11.4. The van der Waals surface area contributed by atoms with Crippen molar-refractivity contribution in [1.82, 2.24) is 4.90 Å². The summed E-state index contributed by atoms with van der Waals surface area (Å²) in [6.45, 7) is 3.97. The van der Waals surface area contributed by atoms with Crippen LogP contribution in [0.1, 0.15) is 20.3 Å². The Hall–Kier alpha value is -1.37. The first-order valence-electron chi connectivity index (χ1n) is 6.86. The lowest BCUT2D eigenvalue weighted by Gasteiger charge is -2.30. The van der Waals surface area contributed by atoms with Gasteiger partial charge >= 0.3 is 5.97 Å². The van der Waals surface area contributed by atoms with Crippen LogP contribution in [0.2, 0.25) is 0 Å². The van der Waals surface area contributed by atoms with Crippen LogP contribution in [0.5, 0.6) is 0 Å². The zero-order chi connectivity index (χ0) is 13.9. The third-order valence-electron chi connectivity index (χ3n) is 3.98. The van der Waals surface area contributed by atoms with E-state index >= 15 is 0 Å². The lowest BCUT2D eigenvalue weighted by Crippen LogP contribution is -2.40. The van der Waals surface area contributed by atoms with Crippen LogP contribution in [0.4, 0.5) is 0 Å². The van der Waals surface area contributed by atoms with Gasteiger partial charge in [-0.3, -0.25) is 0 Å². The molecule has 2 fully saturated rings. The monoisotopic (exact) mass is 279 g/mol. The summed E-state index contributed by atoms with van der Waals surface area (Å²) in [6.07, 6.45) is 5.23. The van der Waals surface area contributed by atoms with Gasteiger partial charge in [0.15, 0.2) is 12.0 Å². The zero-order valence-electron chi connectivity index (χ0n) is 11.4. The molecule has 4 bridgehead atoms. The number of ether oxygens (including phenoxy) is 4. The molecule has 4 aliphatic rings. The van der Waals surface area contributed by atoms with Crippen LogP contribution >= 0.6 is 0 Å². The van der Waals surface area contributed by atoms with Crippen molar-refractivity contribution < 1.29 is 23.7 Å². The Morgan fingerprint density at radius 2 is 2.10 bits per heavy atom. The van der Waals surface area contributed by atoms with Crippen molar-refractivity contribution in [2.75, 3.05) is 6.61 Å².